The summed E-state index contributed by atoms with van der Waals surface area (Å²) in [4.78, 5) is 6.34. The predicted octanol–water partition coefficient (Wildman–Crippen LogP) is 3.27. The van der Waals surface area contributed by atoms with Crippen LogP contribution in [0.25, 0.3) is 0 Å². The molecule has 7 heteroatoms. The van der Waals surface area contributed by atoms with Crippen molar-refractivity contribution >= 4 is 5.90 Å². The summed E-state index contributed by atoms with van der Waals surface area (Å²) in [5.74, 6) is -5.62. The molecule has 1 heterocycles. The Kier molecular flexibility index (Phi) is 6.36. The van der Waals surface area contributed by atoms with Crippen LogP contribution in [0.4, 0.5) is 8.78 Å². The molecule has 2 N–H and O–H groups in total. The quantitative estimate of drug-likeness (QED) is 0.757. The molecule has 0 saturated carbocycles. The number of benzene rings is 1. The minimum atomic E-state index is -3.02. The fraction of sp³-hybridized carbons (Fsp3) is 0.526. The van der Waals surface area contributed by atoms with Gasteiger partial charge in [0, 0.05) is 36.8 Å². The maximum Gasteiger partial charge on any atom is 0.355 e. The Bertz CT molecular complexity index is 702. The van der Waals surface area contributed by atoms with Gasteiger partial charge in [-0.25, -0.2) is 8.78 Å². The Hall–Kier alpha value is -1.99. The summed E-state index contributed by atoms with van der Waals surface area (Å²) in [5, 5.41) is 20.3. The average molecular weight is 368 g/mol. The third-order valence-electron chi connectivity index (χ3n) is 4.43. The van der Waals surface area contributed by atoms with Crippen molar-refractivity contribution in [3.05, 3.63) is 47.2 Å². The molecule has 1 aromatic carbocycles. The highest BCUT2D eigenvalue weighted by molar-refractivity contribution is 5.89. The van der Waals surface area contributed by atoms with Crippen LogP contribution in [0.15, 0.2) is 35.0 Å². The Morgan fingerprint density at radius 3 is 2.58 bits per heavy atom. The van der Waals surface area contributed by atoms with E-state index < -0.39 is 23.2 Å². The van der Waals surface area contributed by atoms with Gasteiger partial charge in [-0.3, -0.25) is 4.99 Å². The van der Waals surface area contributed by atoms with Crippen LogP contribution in [-0.4, -0.2) is 39.6 Å². The van der Waals surface area contributed by atoms with Gasteiger partial charge >= 0.3 is 5.97 Å². The summed E-state index contributed by atoms with van der Waals surface area (Å²) in [5.41, 5.74) is 0.248. The van der Waals surface area contributed by atoms with Gasteiger partial charge in [-0.15, -0.1) is 0 Å². The highest BCUT2D eigenvalue weighted by Gasteiger charge is 2.35. The number of hydrogen-bond donors (Lipinski definition) is 2. The van der Waals surface area contributed by atoms with Crippen molar-refractivity contribution in [1.29, 1.82) is 0 Å². The molecule has 0 aromatic heterocycles. The molecule has 1 atom stereocenters. The van der Waals surface area contributed by atoms with Crippen LogP contribution in [0, 0.1) is 11.6 Å². The zero-order valence-electron chi connectivity index (χ0n) is 15.5. The van der Waals surface area contributed by atoms with Gasteiger partial charge in [-0.05, 0) is 39.3 Å². The minimum Gasteiger partial charge on any atom is -0.418 e. The second-order valence-electron chi connectivity index (χ2n) is 6.68. The van der Waals surface area contributed by atoms with Crippen LogP contribution in [0.5, 0.6) is 0 Å². The van der Waals surface area contributed by atoms with E-state index in [1.807, 2.05) is 0 Å². The molecule has 2 rings (SSSR count). The van der Waals surface area contributed by atoms with Gasteiger partial charge in [0.05, 0.1) is 5.56 Å². The maximum atomic E-state index is 13.9. The molecule has 1 aromatic rings. The van der Waals surface area contributed by atoms with E-state index in [1.54, 1.807) is 6.08 Å². The van der Waals surface area contributed by atoms with Gasteiger partial charge in [0.15, 0.2) is 11.6 Å². The highest BCUT2D eigenvalue weighted by atomic mass is 19.2. The van der Waals surface area contributed by atoms with Crippen molar-refractivity contribution in [2.45, 2.75) is 58.6 Å². The molecule has 0 saturated heterocycles. The molecule has 5 nitrogen and oxygen atoms in total. The number of dihydropyridines is 1. The lowest BCUT2D eigenvalue weighted by atomic mass is 10.1. The van der Waals surface area contributed by atoms with Crippen molar-refractivity contribution in [3.63, 3.8) is 0 Å². The van der Waals surface area contributed by atoms with Gasteiger partial charge in [-0.2, -0.15) is 0 Å². The van der Waals surface area contributed by atoms with Crippen LogP contribution < -0.4 is 0 Å². The topological polar surface area (TPSA) is 65.3 Å². The second-order valence-corrected chi connectivity index (χ2v) is 6.68. The van der Waals surface area contributed by atoms with Crippen LogP contribution in [-0.2, 0) is 10.7 Å². The van der Waals surface area contributed by atoms with E-state index in [4.69, 9.17) is 4.74 Å². The Morgan fingerprint density at radius 1 is 1.27 bits per heavy atom. The molecule has 26 heavy (non-hydrogen) atoms. The van der Waals surface area contributed by atoms with Crippen molar-refractivity contribution in [1.82, 2.24) is 4.90 Å². The molecule has 144 valence electrons. The number of rotatable bonds is 6. The number of ether oxygens (including phenoxy) is 1. The third-order valence-corrected chi connectivity index (χ3v) is 4.43. The predicted molar refractivity (Wildman–Crippen MR) is 95.3 cm³/mol. The summed E-state index contributed by atoms with van der Waals surface area (Å²) in [6.07, 6.45) is 3.25. The molecular formula is C19H26F2N2O3. The lowest BCUT2D eigenvalue weighted by molar-refractivity contribution is -0.313. The Labute approximate surface area is 152 Å². The van der Waals surface area contributed by atoms with E-state index in [0.717, 1.165) is 24.3 Å². The first-order valence-electron chi connectivity index (χ1n) is 8.79. The Balaban J connectivity index is 2.27. The van der Waals surface area contributed by atoms with Crippen molar-refractivity contribution in [3.8, 4) is 0 Å². The monoisotopic (exact) mass is 368 g/mol. The zero-order chi connectivity index (χ0) is 19.5. The SMILES string of the molecule is CCC(C)N(C1=CC(OC(O)(O)c2cccc(F)c2F)=NCC1)C(C)C. The van der Waals surface area contributed by atoms with Gasteiger partial charge < -0.3 is 19.8 Å². The van der Waals surface area contributed by atoms with E-state index in [9.17, 15) is 19.0 Å². The molecule has 1 unspecified atom stereocenters. The summed E-state index contributed by atoms with van der Waals surface area (Å²) in [7, 11) is 0. The summed E-state index contributed by atoms with van der Waals surface area (Å²) in [6, 6.07) is 3.63. The minimum absolute atomic E-state index is 0.0335. The van der Waals surface area contributed by atoms with Crippen LogP contribution in [0.1, 0.15) is 46.1 Å². The van der Waals surface area contributed by atoms with Crippen molar-refractivity contribution in [2.24, 2.45) is 4.99 Å². The standard InChI is InChI=1S/C19H26F2N2O3/c1-5-13(4)23(12(2)3)14-9-10-22-17(11-14)26-19(24,25)15-7-6-8-16(20)18(15)21/h6-8,11-13,24-25H,5,9-10H2,1-4H3. The second kappa shape index (κ2) is 8.14. The van der Waals surface area contributed by atoms with E-state index in [1.165, 1.54) is 6.07 Å². The fourth-order valence-corrected chi connectivity index (χ4v) is 3.08. The molecule has 1 aliphatic heterocycles. The van der Waals surface area contributed by atoms with Crippen LogP contribution >= 0.6 is 0 Å². The van der Waals surface area contributed by atoms with Gasteiger partial charge in [0.1, 0.15) is 0 Å². The van der Waals surface area contributed by atoms with Gasteiger partial charge in [-0.1, -0.05) is 13.0 Å². The molecule has 0 bridgehead atoms. The molecule has 0 fully saturated rings. The molecule has 0 amide bonds. The number of aliphatic imine (C=N–C) groups is 1. The van der Waals surface area contributed by atoms with Crippen LogP contribution in [0.2, 0.25) is 0 Å². The highest BCUT2D eigenvalue weighted by Crippen LogP contribution is 2.27. The number of nitrogens with zero attached hydrogens (tertiary/aromatic N) is 2. The first-order valence-corrected chi connectivity index (χ1v) is 8.79. The Morgan fingerprint density at radius 2 is 1.96 bits per heavy atom. The van der Waals surface area contributed by atoms with E-state index >= 15 is 0 Å². The normalized spacial score (nSPS) is 16.2. The smallest absolute Gasteiger partial charge is 0.355 e. The van der Waals surface area contributed by atoms with Crippen LogP contribution in [0.3, 0.4) is 0 Å². The zero-order valence-corrected chi connectivity index (χ0v) is 15.5. The van der Waals surface area contributed by atoms with Crippen molar-refractivity contribution in [2.75, 3.05) is 6.54 Å². The lowest BCUT2D eigenvalue weighted by Crippen LogP contribution is -2.40. The largest absolute Gasteiger partial charge is 0.418 e. The molecule has 0 aliphatic carbocycles. The summed E-state index contributed by atoms with van der Waals surface area (Å²) < 4.78 is 32.4. The van der Waals surface area contributed by atoms with Gasteiger partial charge in [0.2, 0.25) is 5.90 Å². The third kappa shape index (κ3) is 4.40. The van der Waals surface area contributed by atoms with Crippen molar-refractivity contribution < 1.29 is 23.7 Å². The van der Waals surface area contributed by atoms with E-state index in [0.29, 0.717) is 13.0 Å². The van der Waals surface area contributed by atoms with Gasteiger partial charge in [0.25, 0.3) is 0 Å². The summed E-state index contributed by atoms with van der Waals surface area (Å²) >= 11 is 0. The lowest BCUT2D eigenvalue weighted by Gasteiger charge is -2.37. The van der Waals surface area contributed by atoms with E-state index in [-0.39, 0.29) is 18.0 Å². The number of hydrogen-bond acceptors (Lipinski definition) is 5. The average Bonchev–Trinajstić information content (AvgIpc) is 2.56. The number of aliphatic hydroxyl groups is 2. The molecule has 1 aliphatic rings. The maximum absolute atomic E-state index is 13.9. The van der Waals surface area contributed by atoms with E-state index in [2.05, 4.69) is 37.6 Å². The first kappa shape index (κ1) is 20.3. The summed E-state index contributed by atoms with van der Waals surface area (Å²) in [6.45, 7) is 8.75. The molecular weight excluding hydrogens is 342 g/mol. The first-order chi connectivity index (χ1) is 12.2. The number of halogens is 2. The fourth-order valence-electron chi connectivity index (χ4n) is 3.08. The molecule has 0 spiro atoms. The molecule has 0 radical (unpaired) electrons.